The predicted molar refractivity (Wildman–Crippen MR) is 81.0 cm³/mol. The van der Waals surface area contributed by atoms with E-state index < -0.39 is 16.9 Å². The SMILES string of the molecule is CCCC1(C(=O)O)CCCN1C(=O)C1(CC)CCCNC1. The zero-order chi connectivity index (χ0) is 15.5. The number of aliphatic carboxylic acids is 1. The number of nitrogens with one attached hydrogen (secondary N) is 1. The second-order valence-electron chi connectivity index (χ2n) is 6.56. The number of carboxylic acid groups (broad SMARTS) is 1. The number of likely N-dealkylation sites (tertiary alicyclic amines) is 1. The first-order valence-corrected chi connectivity index (χ1v) is 8.28. The molecule has 2 aliphatic rings. The second-order valence-corrected chi connectivity index (χ2v) is 6.56. The largest absolute Gasteiger partial charge is 0.479 e. The van der Waals surface area contributed by atoms with Gasteiger partial charge in [0.05, 0.1) is 5.41 Å². The average Bonchev–Trinajstić information content (AvgIpc) is 2.92. The molecular weight excluding hydrogens is 268 g/mol. The van der Waals surface area contributed by atoms with Crippen LogP contribution in [-0.4, -0.2) is 47.1 Å². The third-order valence-corrected chi connectivity index (χ3v) is 5.40. The highest BCUT2D eigenvalue weighted by molar-refractivity contribution is 5.91. The Kier molecular flexibility index (Phi) is 4.91. The Labute approximate surface area is 127 Å². The van der Waals surface area contributed by atoms with Gasteiger partial charge in [0.2, 0.25) is 5.91 Å². The number of carbonyl (C=O) groups is 2. The van der Waals surface area contributed by atoms with Gasteiger partial charge >= 0.3 is 5.97 Å². The van der Waals surface area contributed by atoms with Crippen molar-refractivity contribution in [3.8, 4) is 0 Å². The van der Waals surface area contributed by atoms with E-state index >= 15 is 0 Å². The van der Waals surface area contributed by atoms with Crippen molar-refractivity contribution in [3.05, 3.63) is 0 Å². The van der Waals surface area contributed by atoms with E-state index in [9.17, 15) is 14.7 Å². The minimum atomic E-state index is -0.967. The van der Waals surface area contributed by atoms with E-state index in [4.69, 9.17) is 0 Å². The fraction of sp³-hybridized carbons (Fsp3) is 0.875. The lowest BCUT2D eigenvalue weighted by atomic mass is 9.76. The van der Waals surface area contributed by atoms with Gasteiger partial charge in [-0.2, -0.15) is 0 Å². The summed E-state index contributed by atoms with van der Waals surface area (Å²) in [7, 11) is 0. The summed E-state index contributed by atoms with van der Waals surface area (Å²) in [6.45, 7) is 6.26. The van der Waals surface area contributed by atoms with Crippen LogP contribution in [0.1, 0.15) is 58.8 Å². The van der Waals surface area contributed by atoms with Gasteiger partial charge in [-0.3, -0.25) is 4.79 Å². The number of carbonyl (C=O) groups excluding carboxylic acids is 1. The van der Waals surface area contributed by atoms with Crippen molar-refractivity contribution >= 4 is 11.9 Å². The van der Waals surface area contributed by atoms with Crippen LogP contribution in [0.5, 0.6) is 0 Å². The van der Waals surface area contributed by atoms with Crippen molar-refractivity contribution in [2.45, 2.75) is 64.3 Å². The summed E-state index contributed by atoms with van der Waals surface area (Å²) in [5.41, 5.74) is -1.37. The lowest BCUT2D eigenvalue weighted by molar-refractivity contribution is -0.162. The smallest absolute Gasteiger partial charge is 0.329 e. The molecule has 2 aliphatic heterocycles. The van der Waals surface area contributed by atoms with Crippen LogP contribution in [-0.2, 0) is 9.59 Å². The molecule has 5 heteroatoms. The first kappa shape index (κ1) is 16.3. The van der Waals surface area contributed by atoms with Gasteiger partial charge in [0.15, 0.2) is 0 Å². The molecule has 1 amide bonds. The Hall–Kier alpha value is -1.10. The van der Waals surface area contributed by atoms with E-state index in [0.717, 1.165) is 38.6 Å². The van der Waals surface area contributed by atoms with Crippen LogP contribution >= 0.6 is 0 Å². The maximum Gasteiger partial charge on any atom is 0.329 e. The van der Waals surface area contributed by atoms with Crippen molar-refractivity contribution in [2.24, 2.45) is 5.41 Å². The molecule has 2 heterocycles. The Morgan fingerprint density at radius 1 is 1.24 bits per heavy atom. The Bertz CT molecular complexity index is 404. The highest BCUT2D eigenvalue weighted by Gasteiger charge is 2.53. The van der Waals surface area contributed by atoms with Crippen molar-refractivity contribution in [1.82, 2.24) is 10.2 Å². The molecule has 2 atom stereocenters. The van der Waals surface area contributed by atoms with E-state index in [2.05, 4.69) is 5.32 Å². The average molecular weight is 296 g/mol. The molecule has 0 aliphatic carbocycles. The number of carboxylic acids is 1. The molecule has 0 spiro atoms. The van der Waals surface area contributed by atoms with E-state index in [-0.39, 0.29) is 5.91 Å². The molecular formula is C16H28N2O3. The highest BCUT2D eigenvalue weighted by Crippen LogP contribution is 2.40. The Morgan fingerprint density at radius 2 is 2.00 bits per heavy atom. The van der Waals surface area contributed by atoms with Crippen LogP contribution in [0.3, 0.4) is 0 Å². The molecule has 2 rings (SSSR count). The summed E-state index contributed by atoms with van der Waals surface area (Å²) in [5, 5.41) is 13.1. The van der Waals surface area contributed by atoms with E-state index in [1.165, 1.54) is 0 Å². The quantitative estimate of drug-likeness (QED) is 0.814. The maximum absolute atomic E-state index is 13.2. The van der Waals surface area contributed by atoms with Gasteiger partial charge in [0, 0.05) is 13.1 Å². The number of nitrogens with zero attached hydrogens (tertiary/aromatic N) is 1. The van der Waals surface area contributed by atoms with Gasteiger partial charge in [0.1, 0.15) is 5.54 Å². The van der Waals surface area contributed by atoms with Gasteiger partial charge in [-0.25, -0.2) is 4.79 Å². The summed E-state index contributed by atoms with van der Waals surface area (Å²) in [5.74, 6) is -0.768. The predicted octanol–water partition coefficient (Wildman–Crippen LogP) is 2.01. The monoisotopic (exact) mass is 296 g/mol. The van der Waals surface area contributed by atoms with Crippen LogP contribution in [0.2, 0.25) is 0 Å². The molecule has 0 aromatic rings. The van der Waals surface area contributed by atoms with Gasteiger partial charge in [-0.15, -0.1) is 0 Å². The molecule has 0 aromatic heterocycles. The van der Waals surface area contributed by atoms with Crippen LogP contribution in [0.15, 0.2) is 0 Å². The van der Waals surface area contributed by atoms with Crippen LogP contribution < -0.4 is 5.32 Å². The third-order valence-electron chi connectivity index (χ3n) is 5.40. The third kappa shape index (κ3) is 2.68. The van der Waals surface area contributed by atoms with E-state index in [1.54, 1.807) is 4.90 Å². The van der Waals surface area contributed by atoms with Crippen molar-refractivity contribution in [3.63, 3.8) is 0 Å². The molecule has 0 radical (unpaired) electrons. The first-order chi connectivity index (χ1) is 10.0. The van der Waals surface area contributed by atoms with Crippen LogP contribution in [0, 0.1) is 5.41 Å². The summed E-state index contributed by atoms with van der Waals surface area (Å²) < 4.78 is 0. The molecule has 2 N–H and O–H groups in total. The first-order valence-electron chi connectivity index (χ1n) is 8.28. The zero-order valence-corrected chi connectivity index (χ0v) is 13.3. The minimum Gasteiger partial charge on any atom is -0.479 e. The lowest BCUT2D eigenvalue weighted by Crippen LogP contribution is -2.59. The molecule has 21 heavy (non-hydrogen) atoms. The molecule has 0 bridgehead atoms. The molecule has 0 aromatic carbocycles. The summed E-state index contributed by atoms with van der Waals surface area (Å²) in [6, 6.07) is 0. The van der Waals surface area contributed by atoms with Gasteiger partial charge in [-0.05, 0) is 45.1 Å². The molecule has 2 fully saturated rings. The Morgan fingerprint density at radius 3 is 2.52 bits per heavy atom. The highest BCUT2D eigenvalue weighted by atomic mass is 16.4. The Balaban J connectivity index is 2.29. The summed E-state index contributed by atoms with van der Waals surface area (Å²) >= 11 is 0. The van der Waals surface area contributed by atoms with Crippen molar-refractivity contribution < 1.29 is 14.7 Å². The molecule has 2 saturated heterocycles. The van der Waals surface area contributed by atoms with Crippen LogP contribution in [0.25, 0.3) is 0 Å². The topological polar surface area (TPSA) is 69.6 Å². The van der Waals surface area contributed by atoms with Crippen molar-refractivity contribution in [1.29, 1.82) is 0 Å². The lowest BCUT2D eigenvalue weighted by Gasteiger charge is -2.43. The fourth-order valence-corrected chi connectivity index (χ4v) is 4.07. The van der Waals surface area contributed by atoms with Crippen molar-refractivity contribution in [2.75, 3.05) is 19.6 Å². The summed E-state index contributed by atoms with van der Waals surface area (Å²) in [6.07, 6.45) is 5.36. The second kappa shape index (κ2) is 6.34. The van der Waals surface area contributed by atoms with E-state index in [0.29, 0.717) is 25.9 Å². The van der Waals surface area contributed by atoms with Crippen LogP contribution in [0.4, 0.5) is 0 Å². The molecule has 0 saturated carbocycles. The molecule has 5 nitrogen and oxygen atoms in total. The zero-order valence-electron chi connectivity index (χ0n) is 13.3. The number of amides is 1. The maximum atomic E-state index is 13.2. The number of rotatable bonds is 5. The standard InChI is InChI=1S/C16H28N2O3/c1-3-7-16(14(20)21)9-6-11-18(16)13(19)15(4-2)8-5-10-17-12-15/h17H,3-12H2,1-2H3,(H,20,21). The van der Waals surface area contributed by atoms with Gasteiger partial charge in [0.25, 0.3) is 0 Å². The summed E-state index contributed by atoms with van der Waals surface area (Å²) in [4.78, 5) is 26.8. The molecule has 2 unspecified atom stereocenters. The fourth-order valence-electron chi connectivity index (χ4n) is 4.07. The number of piperidine rings is 1. The van der Waals surface area contributed by atoms with Gasteiger partial charge in [-0.1, -0.05) is 20.3 Å². The minimum absolute atomic E-state index is 0.0607. The normalized spacial score (nSPS) is 33.1. The van der Waals surface area contributed by atoms with Gasteiger partial charge < -0.3 is 15.3 Å². The molecule has 120 valence electrons. The number of hydrogen-bond acceptors (Lipinski definition) is 3. The number of hydrogen-bond donors (Lipinski definition) is 2. The van der Waals surface area contributed by atoms with E-state index in [1.807, 2.05) is 13.8 Å².